The molecule has 0 bridgehead atoms. The van der Waals surface area contributed by atoms with E-state index in [1.807, 2.05) is 13.0 Å². The zero-order valence-corrected chi connectivity index (χ0v) is 12.5. The summed E-state index contributed by atoms with van der Waals surface area (Å²) < 4.78 is 5.21. The van der Waals surface area contributed by atoms with Gasteiger partial charge in [0.2, 0.25) is 0 Å². The monoisotopic (exact) mass is 272 g/mol. The third-order valence-electron chi connectivity index (χ3n) is 4.47. The summed E-state index contributed by atoms with van der Waals surface area (Å²) in [7, 11) is 0. The molecule has 108 valence electrons. The Labute approximate surface area is 121 Å². The first kappa shape index (κ1) is 14.8. The van der Waals surface area contributed by atoms with Crippen molar-refractivity contribution in [3.63, 3.8) is 0 Å². The van der Waals surface area contributed by atoms with Crippen LogP contribution in [0.15, 0.2) is 30.9 Å². The molecule has 1 saturated carbocycles. The summed E-state index contributed by atoms with van der Waals surface area (Å²) in [4.78, 5) is 11.2. The average molecular weight is 272 g/mol. The van der Waals surface area contributed by atoms with Crippen LogP contribution in [0.3, 0.4) is 0 Å². The molecule has 1 aromatic rings. The molecule has 20 heavy (non-hydrogen) atoms. The van der Waals surface area contributed by atoms with E-state index in [4.69, 9.17) is 4.74 Å². The van der Waals surface area contributed by atoms with Gasteiger partial charge in [0, 0.05) is 6.08 Å². The highest BCUT2D eigenvalue weighted by Gasteiger charge is 2.21. The maximum atomic E-state index is 11.2. The van der Waals surface area contributed by atoms with Crippen LogP contribution in [0.5, 0.6) is 5.75 Å². The van der Waals surface area contributed by atoms with E-state index in [-0.39, 0.29) is 0 Å². The number of ether oxygens (including phenoxy) is 1. The molecule has 2 heteroatoms. The van der Waals surface area contributed by atoms with E-state index < -0.39 is 5.97 Å². The Morgan fingerprint density at radius 1 is 1.35 bits per heavy atom. The minimum Gasteiger partial charge on any atom is -0.423 e. The van der Waals surface area contributed by atoms with Crippen molar-refractivity contribution < 1.29 is 9.53 Å². The normalized spacial score (nSPS) is 22.3. The largest absolute Gasteiger partial charge is 0.423 e. The number of rotatable bonds is 4. The molecule has 2 rings (SSSR count). The zero-order chi connectivity index (χ0) is 14.5. The highest BCUT2D eigenvalue weighted by atomic mass is 16.5. The van der Waals surface area contributed by atoms with E-state index in [1.165, 1.54) is 43.7 Å². The summed E-state index contributed by atoms with van der Waals surface area (Å²) in [5.74, 6) is 1.83. The van der Waals surface area contributed by atoms with Gasteiger partial charge in [0.05, 0.1) is 0 Å². The van der Waals surface area contributed by atoms with Crippen molar-refractivity contribution in [2.75, 3.05) is 0 Å². The number of esters is 1. The van der Waals surface area contributed by atoms with Crippen molar-refractivity contribution in [2.45, 2.75) is 51.9 Å². The van der Waals surface area contributed by atoms with Gasteiger partial charge in [-0.3, -0.25) is 0 Å². The minimum atomic E-state index is -0.399. The number of hydrogen-bond donors (Lipinski definition) is 0. The van der Waals surface area contributed by atoms with Crippen LogP contribution in [-0.2, 0) is 4.79 Å². The standard InChI is InChI=1S/C18H24O2/c1-4-14-6-8-15(9-7-14)16-10-11-17(13(3)12-16)20-18(19)5-2/h5,10-12,14-15H,2,4,6-9H2,1,3H3. The van der Waals surface area contributed by atoms with E-state index in [1.54, 1.807) is 0 Å². The first-order valence-electron chi connectivity index (χ1n) is 7.58. The summed E-state index contributed by atoms with van der Waals surface area (Å²) in [5, 5.41) is 0. The molecule has 1 aliphatic rings. The van der Waals surface area contributed by atoms with Crippen LogP contribution < -0.4 is 4.74 Å². The molecule has 0 saturated heterocycles. The summed E-state index contributed by atoms with van der Waals surface area (Å²) >= 11 is 0. The van der Waals surface area contributed by atoms with Crippen LogP contribution >= 0.6 is 0 Å². The smallest absolute Gasteiger partial charge is 0.335 e. The molecule has 0 unspecified atom stereocenters. The van der Waals surface area contributed by atoms with Gasteiger partial charge in [0.15, 0.2) is 0 Å². The van der Waals surface area contributed by atoms with Crippen LogP contribution in [0, 0.1) is 12.8 Å². The molecule has 0 amide bonds. The van der Waals surface area contributed by atoms with Gasteiger partial charge in [0.1, 0.15) is 5.75 Å². The lowest BCUT2D eigenvalue weighted by Gasteiger charge is -2.28. The maximum Gasteiger partial charge on any atom is 0.335 e. The summed E-state index contributed by atoms with van der Waals surface area (Å²) in [6.45, 7) is 7.70. The topological polar surface area (TPSA) is 26.3 Å². The lowest BCUT2D eigenvalue weighted by Crippen LogP contribution is -2.13. The third kappa shape index (κ3) is 3.50. The van der Waals surface area contributed by atoms with E-state index >= 15 is 0 Å². The Hall–Kier alpha value is -1.57. The van der Waals surface area contributed by atoms with Gasteiger partial charge >= 0.3 is 5.97 Å². The van der Waals surface area contributed by atoms with Crippen molar-refractivity contribution in [2.24, 2.45) is 5.92 Å². The number of aryl methyl sites for hydroxylation is 1. The van der Waals surface area contributed by atoms with Gasteiger partial charge in [-0.25, -0.2) is 4.79 Å². The maximum absolute atomic E-state index is 11.2. The molecule has 0 radical (unpaired) electrons. The van der Waals surface area contributed by atoms with Crippen molar-refractivity contribution in [1.29, 1.82) is 0 Å². The predicted octanol–water partition coefficient (Wildman–Crippen LogP) is 4.77. The Morgan fingerprint density at radius 2 is 2.05 bits per heavy atom. The molecule has 0 heterocycles. The molecule has 0 spiro atoms. The van der Waals surface area contributed by atoms with Crippen molar-refractivity contribution in [3.8, 4) is 5.75 Å². The van der Waals surface area contributed by atoms with Gasteiger partial charge in [-0.15, -0.1) is 0 Å². The van der Waals surface area contributed by atoms with Crippen LogP contribution in [0.1, 0.15) is 56.1 Å². The Balaban J connectivity index is 2.05. The molecular formula is C18H24O2. The first-order valence-corrected chi connectivity index (χ1v) is 7.58. The van der Waals surface area contributed by atoms with Crippen molar-refractivity contribution in [3.05, 3.63) is 42.0 Å². The van der Waals surface area contributed by atoms with Crippen LogP contribution in [0.25, 0.3) is 0 Å². The molecule has 1 aliphatic carbocycles. The van der Waals surface area contributed by atoms with Crippen molar-refractivity contribution in [1.82, 2.24) is 0 Å². The lowest BCUT2D eigenvalue weighted by atomic mass is 9.77. The number of carbonyl (C=O) groups excluding carboxylic acids is 1. The molecule has 1 aromatic carbocycles. The second-order valence-corrected chi connectivity index (χ2v) is 5.78. The fourth-order valence-electron chi connectivity index (χ4n) is 3.10. The van der Waals surface area contributed by atoms with Crippen LogP contribution in [0.2, 0.25) is 0 Å². The fraction of sp³-hybridized carbons (Fsp3) is 0.500. The molecule has 2 nitrogen and oxygen atoms in total. The van der Waals surface area contributed by atoms with Crippen molar-refractivity contribution >= 4 is 5.97 Å². The molecule has 0 aromatic heterocycles. The first-order chi connectivity index (χ1) is 9.63. The highest BCUT2D eigenvalue weighted by Crippen LogP contribution is 2.38. The van der Waals surface area contributed by atoms with E-state index in [0.29, 0.717) is 11.7 Å². The molecule has 0 atom stereocenters. The molecule has 0 aliphatic heterocycles. The molecule has 0 N–H and O–H groups in total. The Bertz CT molecular complexity index is 482. The number of benzene rings is 1. The summed E-state index contributed by atoms with van der Waals surface area (Å²) in [5.41, 5.74) is 2.41. The minimum absolute atomic E-state index is 0.399. The second kappa shape index (κ2) is 6.74. The van der Waals surface area contributed by atoms with Gasteiger partial charge in [-0.2, -0.15) is 0 Å². The summed E-state index contributed by atoms with van der Waals surface area (Å²) in [6, 6.07) is 6.19. The molecule has 1 fully saturated rings. The number of carbonyl (C=O) groups is 1. The Kier molecular flexibility index (Phi) is 4.99. The van der Waals surface area contributed by atoms with E-state index in [0.717, 1.165) is 11.5 Å². The fourth-order valence-corrected chi connectivity index (χ4v) is 3.10. The van der Waals surface area contributed by atoms with Gasteiger partial charge in [-0.1, -0.05) is 32.1 Å². The number of hydrogen-bond acceptors (Lipinski definition) is 2. The van der Waals surface area contributed by atoms with Crippen LogP contribution in [0.4, 0.5) is 0 Å². The summed E-state index contributed by atoms with van der Waals surface area (Å²) in [6.07, 6.45) is 7.75. The second-order valence-electron chi connectivity index (χ2n) is 5.78. The predicted molar refractivity (Wildman–Crippen MR) is 82.0 cm³/mol. The average Bonchev–Trinajstić information content (AvgIpc) is 2.49. The van der Waals surface area contributed by atoms with Gasteiger partial charge in [-0.05, 0) is 61.6 Å². The highest BCUT2D eigenvalue weighted by molar-refractivity contribution is 5.83. The molecular weight excluding hydrogens is 248 g/mol. The SMILES string of the molecule is C=CC(=O)Oc1ccc(C2CCC(CC)CC2)cc1C. The Morgan fingerprint density at radius 3 is 2.60 bits per heavy atom. The van der Waals surface area contributed by atoms with Gasteiger partial charge < -0.3 is 4.74 Å². The zero-order valence-electron chi connectivity index (χ0n) is 12.5. The van der Waals surface area contributed by atoms with E-state index in [9.17, 15) is 4.79 Å². The quantitative estimate of drug-likeness (QED) is 0.448. The third-order valence-corrected chi connectivity index (χ3v) is 4.47. The lowest BCUT2D eigenvalue weighted by molar-refractivity contribution is -0.129. The van der Waals surface area contributed by atoms with Crippen LogP contribution in [-0.4, -0.2) is 5.97 Å². The van der Waals surface area contributed by atoms with Gasteiger partial charge in [0.25, 0.3) is 0 Å². The van der Waals surface area contributed by atoms with E-state index in [2.05, 4.69) is 25.6 Å².